The molecule has 21 heavy (non-hydrogen) atoms. The Balaban J connectivity index is 0.00000132. The van der Waals surface area contributed by atoms with Gasteiger partial charge in [-0.1, -0.05) is 5.16 Å². The van der Waals surface area contributed by atoms with E-state index in [1.165, 1.54) is 25.7 Å². The van der Waals surface area contributed by atoms with E-state index in [2.05, 4.69) is 25.4 Å². The molecule has 112 valence electrons. The predicted octanol–water partition coefficient (Wildman–Crippen LogP) is 2.02. The van der Waals surface area contributed by atoms with E-state index in [0.717, 1.165) is 12.3 Å². The van der Waals surface area contributed by atoms with Crippen molar-refractivity contribution in [2.75, 3.05) is 0 Å². The summed E-state index contributed by atoms with van der Waals surface area (Å²) in [4.78, 5) is 12.7. The van der Waals surface area contributed by atoms with Gasteiger partial charge in [-0.2, -0.15) is 4.98 Å². The number of hydrogen-bond donors (Lipinski definition) is 1. The lowest BCUT2D eigenvalue weighted by molar-refractivity contribution is 0.270. The first-order chi connectivity index (χ1) is 9.87. The predicted molar refractivity (Wildman–Crippen MR) is 78.9 cm³/mol. The van der Waals surface area contributed by atoms with Crippen molar-refractivity contribution in [3.63, 3.8) is 0 Å². The first kappa shape index (κ1) is 14.4. The topological polar surface area (TPSA) is 76.7 Å². The molecule has 0 radical (unpaired) electrons. The third-order valence-electron chi connectivity index (χ3n) is 4.29. The average Bonchev–Trinajstić information content (AvgIpc) is 3.07. The number of rotatable bonds is 3. The maximum atomic E-state index is 5.36. The van der Waals surface area contributed by atoms with Crippen molar-refractivity contribution < 1.29 is 4.52 Å². The van der Waals surface area contributed by atoms with Gasteiger partial charge in [0.2, 0.25) is 11.7 Å². The monoisotopic (exact) mass is 307 g/mol. The van der Waals surface area contributed by atoms with Crippen LogP contribution >= 0.6 is 12.4 Å². The minimum absolute atomic E-state index is 0. The minimum atomic E-state index is 0. The molecule has 2 saturated heterocycles. The van der Waals surface area contributed by atoms with E-state index >= 15 is 0 Å². The molecule has 1 N–H and O–H groups in total. The van der Waals surface area contributed by atoms with Gasteiger partial charge in [0.1, 0.15) is 5.69 Å². The summed E-state index contributed by atoms with van der Waals surface area (Å²) in [7, 11) is 0. The van der Waals surface area contributed by atoms with Gasteiger partial charge in [-0.3, -0.25) is 4.98 Å². The summed E-state index contributed by atoms with van der Waals surface area (Å²) >= 11 is 0. The second-order valence-corrected chi connectivity index (χ2v) is 5.78. The van der Waals surface area contributed by atoms with Gasteiger partial charge in [0, 0.05) is 30.9 Å². The molecule has 0 amide bonds. The number of aromatic nitrogens is 4. The second kappa shape index (κ2) is 6.07. The summed E-state index contributed by atoms with van der Waals surface area (Å²) in [5, 5.41) is 7.65. The van der Waals surface area contributed by atoms with Crippen LogP contribution in [0, 0.1) is 5.92 Å². The fourth-order valence-electron chi connectivity index (χ4n) is 3.45. The summed E-state index contributed by atoms with van der Waals surface area (Å²) in [6.07, 6.45) is 10.9. The van der Waals surface area contributed by atoms with Gasteiger partial charge in [-0.15, -0.1) is 12.4 Å². The van der Waals surface area contributed by atoms with Crippen LogP contribution in [-0.2, 0) is 6.42 Å². The van der Waals surface area contributed by atoms with Crippen molar-refractivity contribution in [1.82, 2.24) is 25.4 Å². The minimum Gasteiger partial charge on any atom is -0.339 e. The van der Waals surface area contributed by atoms with E-state index in [-0.39, 0.29) is 12.4 Å². The molecule has 2 unspecified atom stereocenters. The molecule has 0 saturated carbocycles. The zero-order valence-corrected chi connectivity index (χ0v) is 12.4. The first-order valence-electron chi connectivity index (χ1n) is 7.22. The number of hydrogen-bond acceptors (Lipinski definition) is 6. The molecule has 7 heteroatoms. The molecule has 2 bridgehead atoms. The highest BCUT2D eigenvalue weighted by Crippen LogP contribution is 2.32. The SMILES string of the molecule is Cl.c1cnc(-c2noc(CC3CC4CCC(C3)N4)n2)cn1. The Labute approximate surface area is 129 Å². The maximum absolute atomic E-state index is 5.36. The van der Waals surface area contributed by atoms with E-state index in [9.17, 15) is 0 Å². The van der Waals surface area contributed by atoms with Crippen LogP contribution in [0.25, 0.3) is 11.5 Å². The number of piperidine rings is 1. The molecular weight excluding hydrogens is 290 g/mol. The normalized spacial score (nSPS) is 27.3. The Morgan fingerprint density at radius 2 is 2.00 bits per heavy atom. The van der Waals surface area contributed by atoms with E-state index in [0.29, 0.717) is 29.5 Å². The highest BCUT2D eigenvalue weighted by Gasteiger charge is 2.34. The molecule has 2 aromatic heterocycles. The van der Waals surface area contributed by atoms with Crippen LogP contribution in [0.3, 0.4) is 0 Å². The average molecular weight is 308 g/mol. The highest BCUT2D eigenvalue weighted by atomic mass is 35.5. The van der Waals surface area contributed by atoms with Crippen LogP contribution in [0.15, 0.2) is 23.1 Å². The van der Waals surface area contributed by atoms with Gasteiger partial charge in [0.25, 0.3) is 0 Å². The van der Waals surface area contributed by atoms with E-state index in [1.54, 1.807) is 18.6 Å². The van der Waals surface area contributed by atoms with Gasteiger partial charge in [0.15, 0.2) is 0 Å². The smallest absolute Gasteiger partial charge is 0.227 e. The summed E-state index contributed by atoms with van der Waals surface area (Å²) in [6, 6.07) is 1.39. The van der Waals surface area contributed by atoms with E-state index in [4.69, 9.17) is 4.52 Å². The lowest BCUT2D eigenvalue weighted by Crippen LogP contribution is -2.38. The van der Waals surface area contributed by atoms with Gasteiger partial charge < -0.3 is 9.84 Å². The molecule has 4 heterocycles. The van der Waals surface area contributed by atoms with Crippen molar-refractivity contribution in [2.24, 2.45) is 5.92 Å². The summed E-state index contributed by atoms with van der Waals surface area (Å²) in [5.41, 5.74) is 0.660. The summed E-state index contributed by atoms with van der Waals surface area (Å²) < 4.78 is 5.36. The maximum Gasteiger partial charge on any atom is 0.227 e. The number of nitrogens with zero attached hydrogens (tertiary/aromatic N) is 4. The molecule has 0 aliphatic carbocycles. The number of fused-ring (bicyclic) bond motifs is 2. The van der Waals surface area contributed by atoms with E-state index in [1.807, 2.05) is 0 Å². The quantitative estimate of drug-likeness (QED) is 0.935. The van der Waals surface area contributed by atoms with E-state index < -0.39 is 0 Å². The van der Waals surface area contributed by atoms with Crippen LogP contribution in [0.1, 0.15) is 31.6 Å². The Hall–Kier alpha value is -1.53. The molecule has 2 aromatic rings. The third kappa shape index (κ3) is 3.06. The Morgan fingerprint density at radius 1 is 1.19 bits per heavy atom. The standard InChI is InChI=1S/C14H17N5O.ClH/c1-2-11-6-9(5-10(1)17-11)7-13-18-14(19-20-13)12-8-15-3-4-16-12;/h3-4,8-11,17H,1-2,5-7H2;1H. The van der Waals surface area contributed by atoms with Crippen molar-refractivity contribution >= 4 is 12.4 Å². The fourth-order valence-corrected chi connectivity index (χ4v) is 3.45. The van der Waals surface area contributed by atoms with Gasteiger partial charge in [-0.25, -0.2) is 4.98 Å². The summed E-state index contributed by atoms with van der Waals surface area (Å²) in [5.74, 6) is 1.91. The third-order valence-corrected chi connectivity index (χ3v) is 4.29. The zero-order valence-electron chi connectivity index (χ0n) is 11.6. The second-order valence-electron chi connectivity index (χ2n) is 5.78. The van der Waals surface area contributed by atoms with Crippen LogP contribution in [0.5, 0.6) is 0 Å². The van der Waals surface area contributed by atoms with Crippen molar-refractivity contribution in [3.8, 4) is 11.5 Å². The van der Waals surface area contributed by atoms with Gasteiger partial charge in [-0.05, 0) is 31.6 Å². The zero-order chi connectivity index (χ0) is 13.4. The van der Waals surface area contributed by atoms with Gasteiger partial charge in [0.05, 0.1) is 6.20 Å². The Morgan fingerprint density at radius 3 is 2.71 bits per heavy atom. The molecule has 2 aliphatic rings. The summed E-state index contributed by atoms with van der Waals surface area (Å²) in [6.45, 7) is 0. The first-order valence-corrected chi connectivity index (χ1v) is 7.22. The largest absolute Gasteiger partial charge is 0.339 e. The van der Waals surface area contributed by atoms with Crippen LogP contribution < -0.4 is 5.32 Å². The Kier molecular flexibility index (Phi) is 4.17. The van der Waals surface area contributed by atoms with Crippen molar-refractivity contribution in [2.45, 2.75) is 44.2 Å². The molecule has 0 aromatic carbocycles. The molecule has 2 atom stereocenters. The molecule has 6 nitrogen and oxygen atoms in total. The van der Waals surface area contributed by atoms with Crippen molar-refractivity contribution in [1.29, 1.82) is 0 Å². The number of halogens is 1. The lowest BCUT2D eigenvalue weighted by atomic mass is 9.90. The van der Waals surface area contributed by atoms with Gasteiger partial charge >= 0.3 is 0 Å². The fraction of sp³-hybridized carbons (Fsp3) is 0.571. The van der Waals surface area contributed by atoms with Crippen LogP contribution in [0.4, 0.5) is 0 Å². The molecule has 4 rings (SSSR count). The molecule has 2 fully saturated rings. The lowest BCUT2D eigenvalue weighted by Gasteiger charge is -2.27. The Bertz CT molecular complexity index is 578. The molecular formula is C14H18ClN5O. The van der Waals surface area contributed by atoms with Crippen LogP contribution in [-0.4, -0.2) is 32.2 Å². The molecule has 2 aliphatic heterocycles. The van der Waals surface area contributed by atoms with Crippen molar-refractivity contribution in [3.05, 3.63) is 24.5 Å². The number of nitrogens with one attached hydrogen (secondary N) is 1. The van der Waals surface area contributed by atoms with Crippen LogP contribution in [0.2, 0.25) is 0 Å². The molecule has 0 spiro atoms. The highest BCUT2D eigenvalue weighted by molar-refractivity contribution is 5.85.